The summed E-state index contributed by atoms with van der Waals surface area (Å²) in [5, 5.41) is 0.906. The Morgan fingerprint density at radius 1 is 0.950 bits per heavy atom. The van der Waals surface area contributed by atoms with Gasteiger partial charge in [-0.25, -0.2) is 0 Å². The monoisotopic (exact) mass is 261 g/mol. The summed E-state index contributed by atoms with van der Waals surface area (Å²) in [5.41, 5.74) is 4.31. The molecule has 0 N–H and O–H groups in total. The summed E-state index contributed by atoms with van der Waals surface area (Å²) in [6.07, 6.45) is 0. The van der Waals surface area contributed by atoms with E-state index in [1.807, 2.05) is 68.4 Å². The molecule has 0 spiro atoms. The minimum atomic E-state index is 0.0479. The first-order valence-electron chi connectivity index (χ1n) is 6.63. The lowest BCUT2D eigenvalue weighted by atomic mass is 9.98. The SMILES string of the molecule is Cc1ccc(C(=O)c2cc(C)nc3ccccc23)cc1. The lowest BCUT2D eigenvalue weighted by Crippen LogP contribution is -2.04. The van der Waals surface area contributed by atoms with Crippen molar-refractivity contribution in [3.8, 4) is 0 Å². The first-order valence-corrected chi connectivity index (χ1v) is 6.63. The van der Waals surface area contributed by atoms with Crippen LogP contribution >= 0.6 is 0 Å². The van der Waals surface area contributed by atoms with E-state index in [0.29, 0.717) is 5.56 Å². The fraction of sp³-hybridized carbons (Fsp3) is 0.111. The summed E-state index contributed by atoms with van der Waals surface area (Å²) >= 11 is 0. The van der Waals surface area contributed by atoms with E-state index in [2.05, 4.69) is 4.98 Å². The number of aromatic nitrogens is 1. The third kappa shape index (κ3) is 2.21. The van der Waals surface area contributed by atoms with Crippen LogP contribution in [0, 0.1) is 13.8 Å². The molecule has 20 heavy (non-hydrogen) atoms. The van der Waals surface area contributed by atoms with Gasteiger partial charge in [0.2, 0.25) is 0 Å². The maximum absolute atomic E-state index is 12.7. The Hall–Kier alpha value is -2.48. The molecule has 0 fully saturated rings. The van der Waals surface area contributed by atoms with Crippen LogP contribution < -0.4 is 0 Å². The van der Waals surface area contributed by atoms with Gasteiger partial charge in [0.25, 0.3) is 0 Å². The summed E-state index contributed by atoms with van der Waals surface area (Å²) < 4.78 is 0. The number of ketones is 1. The number of carbonyl (C=O) groups is 1. The summed E-state index contributed by atoms with van der Waals surface area (Å²) in [6.45, 7) is 3.93. The largest absolute Gasteiger partial charge is 0.289 e. The van der Waals surface area contributed by atoms with E-state index in [0.717, 1.165) is 27.7 Å². The molecular weight excluding hydrogens is 246 g/mol. The molecule has 0 radical (unpaired) electrons. The second kappa shape index (κ2) is 4.89. The lowest BCUT2D eigenvalue weighted by molar-refractivity contribution is 0.104. The number of para-hydroxylation sites is 1. The standard InChI is InChI=1S/C18H15NO/c1-12-7-9-14(10-8-12)18(20)16-11-13(2)19-17-6-4-3-5-15(16)17/h3-11H,1-2H3. The van der Waals surface area contributed by atoms with Crippen molar-refractivity contribution in [3.63, 3.8) is 0 Å². The average Bonchev–Trinajstić information content (AvgIpc) is 2.46. The minimum Gasteiger partial charge on any atom is -0.289 e. The van der Waals surface area contributed by atoms with Gasteiger partial charge >= 0.3 is 0 Å². The van der Waals surface area contributed by atoms with Crippen LogP contribution in [-0.2, 0) is 0 Å². The maximum atomic E-state index is 12.7. The molecule has 3 rings (SSSR count). The number of fused-ring (bicyclic) bond motifs is 1. The van der Waals surface area contributed by atoms with Crippen molar-refractivity contribution >= 4 is 16.7 Å². The molecular formula is C18H15NO. The normalized spacial score (nSPS) is 10.7. The predicted octanol–water partition coefficient (Wildman–Crippen LogP) is 4.08. The number of rotatable bonds is 2. The van der Waals surface area contributed by atoms with Gasteiger partial charge in [-0.3, -0.25) is 9.78 Å². The summed E-state index contributed by atoms with van der Waals surface area (Å²) in [4.78, 5) is 17.2. The van der Waals surface area contributed by atoms with Crippen molar-refractivity contribution in [3.05, 3.63) is 77.0 Å². The highest BCUT2D eigenvalue weighted by Gasteiger charge is 2.13. The predicted molar refractivity (Wildman–Crippen MR) is 81.1 cm³/mol. The zero-order chi connectivity index (χ0) is 14.1. The Morgan fingerprint density at radius 3 is 2.40 bits per heavy atom. The minimum absolute atomic E-state index is 0.0479. The number of hydrogen-bond acceptors (Lipinski definition) is 2. The van der Waals surface area contributed by atoms with E-state index in [-0.39, 0.29) is 5.78 Å². The van der Waals surface area contributed by atoms with Crippen molar-refractivity contribution < 1.29 is 4.79 Å². The molecule has 3 aromatic rings. The van der Waals surface area contributed by atoms with Crippen LogP contribution in [0.25, 0.3) is 10.9 Å². The fourth-order valence-corrected chi connectivity index (χ4v) is 2.36. The molecule has 0 atom stereocenters. The number of nitrogens with zero attached hydrogens (tertiary/aromatic N) is 1. The van der Waals surface area contributed by atoms with Gasteiger partial charge in [-0.2, -0.15) is 0 Å². The number of aryl methyl sites for hydroxylation is 2. The van der Waals surface area contributed by atoms with E-state index in [9.17, 15) is 4.79 Å². The fourth-order valence-electron chi connectivity index (χ4n) is 2.36. The molecule has 0 aliphatic heterocycles. The second-order valence-corrected chi connectivity index (χ2v) is 5.02. The Labute approximate surface area is 118 Å². The first-order chi connectivity index (χ1) is 9.65. The van der Waals surface area contributed by atoms with Gasteiger partial charge < -0.3 is 0 Å². The van der Waals surface area contributed by atoms with Crippen molar-refractivity contribution in [2.75, 3.05) is 0 Å². The van der Waals surface area contributed by atoms with E-state index in [1.54, 1.807) is 0 Å². The van der Waals surface area contributed by atoms with Crippen LogP contribution in [0.4, 0.5) is 0 Å². The van der Waals surface area contributed by atoms with Crippen molar-refractivity contribution in [2.45, 2.75) is 13.8 Å². The molecule has 0 aliphatic rings. The molecule has 0 saturated heterocycles. The molecule has 0 bridgehead atoms. The van der Waals surface area contributed by atoms with Crippen molar-refractivity contribution in [2.24, 2.45) is 0 Å². The highest BCUT2D eigenvalue weighted by atomic mass is 16.1. The topological polar surface area (TPSA) is 30.0 Å². The molecule has 2 heteroatoms. The second-order valence-electron chi connectivity index (χ2n) is 5.02. The van der Waals surface area contributed by atoms with Gasteiger partial charge in [0.1, 0.15) is 0 Å². The lowest BCUT2D eigenvalue weighted by Gasteiger charge is -2.07. The van der Waals surface area contributed by atoms with Gasteiger partial charge in [-0.05, 0) is 26.0 Å². The quantitative estimate of drug-likeness (QED) is 0.650. The van der Waals surface area contributed by atoms with Crippen LogP contribution in [0.1, 0.15) is 27.2 Å². The Bertz CT molecular complexity index is 788. The Kier molecular flexibility index (Phi) is 3.07. The molecule has 98 valence electrons. The van der Waals surface area contributed by atoms with Gasteiger partial charge in [0, 0.05) is 22.2 Å². The molecule has 0 amide bonds. The summed E-state index contributed by atoms with van der Waals surface area (Å²) in [5.74, 6) is 0.0479. The number of carbonyl (C=O) groups excluding carboxylic acids is 1. The Morgan fingerprint density at radius 2 is 1.65 bits per heavy atom. The zero-order valence-corrected chi connectivity index (χ0v) is 11.6. The van der Waals surface area contributed by atoms with Gasteiger partial charge in [-0.1, -0.05) is 48.0 Å². The number of hydrogen-bond donors (Lipinski definition) is 0. The molecule has 1 heterocycles. The van der Waals surface area contributed by atoms with Crippen LogP contribution in [0.15, 0.2) is 54.6 Å². The molecule has 2 aromatic carbocycles. The van der Waals surface area contributed by atoms with Gasteiger partial charge in [0.15, 0.2) is 5.78 Å². The molecule has 0 unspecified atom stereocenters. The van der Waals surface area contributed by atoms with E-state index >= 15 is 0 Å². The molecule has 1 aromatic heterocycles. The van der Waals surface area contributed by atoms with Gasteiger partial charge in [-0.15, -0.1) is 0 Å². The first kappa shape index (κ1) is 12.5. The highest BCUT2D eigenvalue weighted by molar-refractivity contribution is 6.16. The Balaban J connectivity index is 2.18. The number of pyridine rings is 1. The summed E-state index contributed by atoms with van der Waals surface area (Å²) in [7, 11) is 0. The third-order valence-electron chi connectivity index (χ3n) is 3.40. The number of benzene rings is 2. The summed E-state index contributed by atoms with van der Waals surface area (Å²) in [6, 6.07) is 17.3. The zero-order valence-electron chi connectivity index (χ0n) is 11.6. The maximum Gasteiger partial charge on any atom is 0.193 e. The van der Waals surface area contributed by atoms with E-state index in [4.69, 9.17) is 0 Å². The highest BCUT2D eigenvalue weighted by Crippen LogP contribution is 2.21. The van der Waals surface area contributed by atoms with Crippen LogP contribution in [0.5, 0.6) is 0 Å². The van der Waals surface area contributed by atoms with E-state index < -0.39 is 0 Å². The smallest absolute Gasteiger partial charge is 0.193 e. The molecule has 2 nitrogen and oxygen atoms in total. The van der Waals surface area contributed by atoms with Crippen LogP contribution in [0.2, 0.25) is 0 Å². The van der Waals surface area contributed by atoms with Crippen LogP contribution in [-0.4, -0.2) is 10.8 Å². The van der Waals surface area contributed by atoms with Crippen LogP contribution in [0.3, 0.4) is 0 Å². The average molecular weight is 261 g/mol. The van der Waals surface area contributed by atoms with E-state index in [1.165, 1.54) is 0 Å². The van der Waals surface area contributed by atoms with Gasteiger partial charge in [0.05, 0.1) is 5.52 Å². The van der Waals surface area contributed by atoms with Crippen molar-refractivity contribution in [1.29, 1.82) is 0 Å². The molecule has 0 aliphatic carbocycles. The third-order valence-corrected chi connectivity index (χ3v) is 3.40. The van der Waals surface area contributed by atoms with Crippen molar-refractivity contribution in [1.82, 2.24) is 4.98 Å². The molecule has 0 saturated carbocycles.